The van der Waals surface area contributed by atoms with Gasteiger partial charge >= 0.3 is 5.69 Å². The van der Waals surface area contributed by atoms with Gasteiger partial charge in [-0.1, -0.05) is 25.7 Å². The number of H-pyrrole nitrogens is 1. The fourth-order valence-corrected chi connectivity index (χ4v) is 1.74. The summed E-state index contributed by atoms with van der Waals surface area (Å²) in [7, 11) is 3.76. The molecular formula is C12H14BN2O2. The summed E-state index contributed by atoms with van der Waals surface area (Å²) in [5.74, 6) is 0.771. The van der Waals surface area contributed by atoms with Crippen LogP contribution < -0.4 is 15.9 Å². The maximum absolute atomic E-state index is 11.1. The molecular weight excluding hydrogens is 215 g/mol. The van der Waals surface area contributed by atoms with Gasteiger partial charge in [0.2, 0.25) is 0 Å². The third kappa shape index (κ3) is 2.49. The van der Waals surface area contributed by atoms with Gasteiger partial charge in [0.05, 0.1) is 12.6 Å². The lowest BCUT2D eigenvalue weighted by Gasteiger charge is -2.09. The molecule has 2 aromatic rings. The second-order valence-electron chi connectivity index (χ2n) is 3.86. The smallest absolute Gasteiger partial charge is 0.345 e. The lowest BCUT2D eigenvalue weighted by atomic mass is 9.66. The monoisotopic (exact) mass is 229 g/mol. The number of benzene rings is 1. The molecule has 2 rings (SSSR count). The summed E-state index contributed by atoms with van der Waals surface area (Å²) in [6, 6.07) is 3.81. The topological polar surface area (TPSA) is 55.0 Å². The van der Waals surface area contributed by atoms with Crippen molar-refractivity contribution in [3.63, 3.8) is 0 Å². The minimum Gasteiger partial charge on any atom is -0.497 e. The van der Waals surface area contributed by atoms with Gasteiger partial charge in [-0.15, -0.1) is 0 Å². The number of rotatable bonds is 4. The van der Waals surface area contributed by atoms with Crippen LogP contribution in [0.5, 0.6) is 5.75 Å². The van der Waals surface area contributed by atoms with E-state index in [-0.39, 0.29) is 5.69 Å². The van der Waals surface area contributed by atoms with Crippen molar-refractivity contribution in [2.75, 3.05) is 7.11 Å². The molecule has 0 saturated heterocycles. The van der Waals surface area contributed by atoms with Gasteiger partial charge in [0.1, 0.15) is 5.75 Å². The molecule has 0 fully saturated rings. The molecule has 1 heterocycles. The van der Waals surface area contributed by atoms with E-state index in [4.69, 9.17) is 4.74 Å². The molecule has 0 bridgehead atoms. The maximum atomic E-state index is 11.1. The molecule has 1 N–H and O–H groups in total. The number of methoxy groups -OCH3 is 1. The van der Waals surface area contributed by atoms with E-state index in [9.17, 15) is 4.79 Å². The zero-order valence-electron chi connectivity index (χ0n) is 9.99. The molecule has 0 aliphatic carbocycles. The van der Waals surface area contributed by atoms with Gasteiger partial charge in [-0.3, -0.25) is 0 Å². The highest BCUT2D eigenvalue weighted by molar-refractivity contribution is 6.55. The summed E-state index contributed by atoms with van der Waals surface area (Å²) in [6.07, 6.45) is 3.67. The highest BCUT2D eigenvalue weighted by Gasteiger charge is 2.06. The molecule has 0 amide bonds. The van der Waals surface area contributed by atoms with Crippen molar-refractivity contribution in [3.05, 3.63) is 28.8 Å². The highest BCUT2D eigenvalue weighted by Crippen LogP contribution is 2.15. The van der Waals surface area contributed by atoms with E-state index in [2.05, 4.69) is 24.2 Å². The van der Waals surface area contributed by atoms with Crippen LogP contribution in [0.2, 0.25) is 6.32 Å². The number of nitrogens with zero attached hydrogens (tertiary/aromatic N) is 1. The van der Waals surface area contributed by atoms with Gasteiger partial charge in [0.15, 0.2) is 7.28 Å². The quantitative estimate of drug-likeness (QED) is 0.798. The normalized spacial score (nSPS) is 10.5. The van der Waals surface area contributed by atoms with E-state index >= 15 is 0 Å². The molecule has 1 radical (unpaired) electrons. The summed E-state index contributed by atoms with van der Waals surface area (Å²) in [6.45, 7) is 2.13. The lowest BCUT2D eigenvalue weighted by molar-refractivity contribution is 0.418. The molecule has 1 aromatic carbocycles. The summed E-state index contributed by atoms with van der Waals surface area (Å²) in [5, 5.41) is 0.910. The van der Waals surface area contributed by atoms with Crippen molar-refractivity contribution in [2.24, 2.45) is 0 Å². The first-order chi connectivity index (χ1) is 8.24. The van der Waals surface area contributed by atoms with Crippen LogP contribution in [-0.2, 0) is 0 Å². The van der Waals surface area contributed by atoms with Crippen molar-refractivity contribution >= 4 is 23.6 Å². The Morgan fingerprint density at radius 1 is 1.47 bits per heavy atom. The maximum Gasteiger partial charge on any atom is 0.345 e. The van der Waals surface area contributed by atoms with Crippen LogP contribution in [0, 0.1) is 0 Å². The summed E-state index contributed by atoms with van der Waals surface area (Å²) < 4.78 is 5.32. The van der Waals surface area contributed by atoms with E-state index in [1.807, 2.05) is 12.1 Å². The molecule has 1 aromatic heterocycles. The van der Waals surface area contributed by atoms with Gasteiger partial charge in [-0.05, 0) is 5.46 Å². The SMILES string of the molecule is CCC[B]c1cc2cnc(=O)[nH]c2cc1OC. The fraction of sp³-hybridized carbons (Fsp3) is 0.333. The number of hydrogen-bond acceptors (Lipinski definition) is 3. The van der Waals surface area contributed by atoms with Gasteiger partial charge in [0.25, 0.3) is 0 Å². The first kappa shape index (κ1) is 11.7. The lowest BCUT2D eigenvalue weighted by Crippen LogP contribution is -2.18. The second kappa shape index (κ2) is 5.04. The Hall–Kier alpha value is -1.78. The molecule has 0 aliphatic heterocycles. The number of aromatic amines is 1. The van der Waals surface area contributed by atoms with E-state index in [0.29, 0.717) is 0 Å². The van der Waals surface area contributed by atoms with Crippen LogP contribution in [-0.4, -0.2) is 24.4 Å². The number of aromatic nitrogens is 2. The molecule has 0 spiro atoms. The molecule has 0 saturated carbocycles. The van der Waals surface area contributed by atoms with Gasteiger partial charge < -0.3 is 9.72 Å². The molecule has 17 heavy (non-hydrogen) atoms. The molecule has 0 aliphatic rings. The Balaban J connectivity index is 2.52. The van der Waals surface area contributed by atoms with E-state index in [0.717, 1.165) is 34.9 Å². The molecule has 5 heteroatoms. The highest BCUT2D eigenvalue weighted by atomic mass is 16.5. The third-order valence-corrected chi connectivity index (χ3v) is 2.62. The van der Waals surface area contributed by atoms with E-state index < -0.39 is 0 Å². The molecule has 4 nitrogen and oxygen atoms in total. The van der Waals surface area contributed by atoms with Crippen molar-refractivity contribution in [3.8, 4) is 5.75 Å². The second-order valence-corrected chi connectivity index (χ2v) is 3.86. The van der Waals surface area contributed by atoms with Gasteiger partial charge in [0, 0.05) is 17.6 Å². The average molecular weight is 229 g/mol. The van der Waals surface area contributed by atoms with Crippen molar-refractivity contribution in [1.29, 1.82) is 0 Å². The molecule has 87 valence electrons. The van der Waals surface area contributed by atoms with Crippen LogP contribution in [0.1, 0.15) is 13.3 Å². The predicted octanol–water partition coefficient (Wildman–Crippen LogP) is 1.09. The summed E-state index contributed by atoms with van der Waals surface area (Å²) in [4.78, 5) is 17.5. The number of ether oxygens (including phenoxy) is 1. The number of nitrogens with one attached hydrogen (secondary N) is 1. The van der Waals surface area contributed by atoms with Gasteiger partial charge in [-0.2, -0.15) is 0 Å². The van der Waals surface area contributed by atoms with Crippen LogP contribution in [0.3, 0.4) is 0 Å². The van der Waals surface area contributed by atoms with E-state index in [1.165, 1.54) is 0 Å². The third-order valence-electron chi connectivity index (χ3n) is 2.62. The first-order valence-corrected chi connectivity index (χ1v) is 5.65. The minimum absolute atomic E-state index is 0.343. The fourth-order valence-electron chi connectivity index (χ4n) is 1.74. The summed E-state index contributed by atoms with van der Waals surface area (Å²) >= 11 is 0. The Morgan fingerprint density at radius 3 is 3.00 bits per heavy atom. The van der Waals surface area contributed by atoms with Crippen molar-refractivity contribution in [1.82, 2.24) is 9.97 Å². The molecule has 0 atom stereocenters. The minimum atomic E-state index is -0.343. The van der Waals surface area contributed by atoms with E-state index in [1.54, 1.807) is 13.3 Å². The van der Waals surface area contributed by atoms with Crippen molar-refractivity contribution in [2.45, 2.75) is 19.7 Å². The zero-order valence-corrected chi connectivity index (χ0v) is 9.99. The Morgan fingerprint density at radius 2 is 2.29 bits per heavy atom. The Labute approximate surface area is 100 Å². The van der Waals surface area contributed by atoms with Crippen molar-refractivity contribution < 1.29 is 4.74 Å². The standard InChI is InChI=1S/C12H14BN2O2/c1-3-4-13-9-5-8-7-14-12(16)15-10(8)6-11(9)17-2/h5-7H,3-4H2,1-2H3,(H,14,15,16). The van der Waals surface area contributed by atoms with Crippen LogP contribution >= 0.6 is 0 Å². The predicted molar refractivity (Wildman–Crippen MR) is 69.4 cm³/mol. The van der Waals surface area contributed by atoms with Crippen LogP contribution in [0.25, 0.3) is 10.9 Å². The molecule has 0 unspecified atom stereocenters. The summed E-state index contributed by atoms with van der Waals surface area (Å²) in [5.41, 5.74) is 1.44. The van der Waals surface area contributed by atoms with Crippen LogP contribution in [0.15, 0.2) is 23.1 Å². The van der Waals surface area contributed by atoms with Crippen LogP contribution in [0.4, 0.5) is 0 Å². The Bertz CT molecular complexity index is 580. The zero-order chi connectivity index (χ0) is 12.3. The number of hydrogen-bond donors (Lipinski definition) is 1. The number of fused-ring (bicyclic) bond motifs is 1. The Kier molecular flexibility index (Phi) is 3.47. The average Bonchev–Trinajstić information content (AvgIpc) is 2.35. The first-order valence-electron chi connectivity index (χ1n) is 5.65. The largest absolute Gasteiger partial charge is 0.497 e. The van der Waals surface area contributed by atoms with Gasteiger partial charge in [-0.25, -0.2) is 9.78 Å².